The van der Waals surface area contributed by atoms with Crippen molar-refractivity contribution in [2.75, 3.05) is 10.6 Å². The summed E-state index contributed by atoms with van der Waals surface area (Å²) in [5.74, 6) is 1.91. The number of para-hydroxylation sites is 1. The van der Waals surface area contributed by atoms with Crippen molar-refractivity contribution in [1.82, 2.24) is 9.97 Å². The number of hydrogen-bond donors (Lipinski definition) is 2. The van der Waals surface area contributed by atoms with Crippen LogP contribution in [0, 0.1) is 5.41 Å². The molecule has 0 amide bonds. The van der Waals surface area contributed by atoms with Gasteiger partial charge in [-0.15, -0.1) is 0 Å². The summed E-state index contributed by atoms with van der Waals surface area (Å²) in [6, 6.07) is 13.5. The lowest BCUT2D eigenvalue weighted by molar-refractivity contribution is 0.0911. The Morgan fingerprint density at radius 1 is 1.07 bits per heavy atom. The highest BCUT2D eigenvalue weighted by atomic mass is 16.3. The van der Waals surface area contributed by atoms with E-state index in [2.05, 4.69) is 34.4 Å². The van der Waals surface area contributed by atoms with Gasteiger partial charge in [-0.3, -0.25) is 4.79 Å². The molecule has 6 nitrogen and oxygen atoms in total. The molecule has 0 saturated carbocycles. The van der Waals surface area contributed by atoms with Crippen LogP contribution in [0.25, 0.3) is 0 Å². The molecule has 0 saturated heterocycles. The van der Waals surface area contributed by atoms with E-state index in [1.807, 2.05) is 42.5 Å². The Kier molecular flexibility index (Phi) is 4.39. The number of rotatable bonds is 5. The first-order valence-electron chi connectivity index (χ1n) is 9.03. The van der Waals surface area contributed by atoms with Crippen LogP contribution >= 0.6 is 0 Å². The van der Waals surface area contributed by atoms with Crippen LogP contribution in [0.15, 0.2) is 53.1 Å². The molecule has 2 heterocycles. The normalized spacial score (nSPS) is 15.3. The minimum Gasteiger partial charge on any atom is -0.467 e. The van der Waals surface area contributed by atoms with Gasteiger partial charge in [-0.05, 0) is 36.1 Å². The maximum absolute atomic E-state index is 12.8. The first-order valence-corrected chi connectivity index (χ1v) is 9.03. The number of carbonyl (C=O) groups is 1. The Hall–Kier alpha value is -3.15. The smallest absolute Gasteiger partial charge is 0.225 e. The lowest BCUT2D eigenvalue weighted by Gasteiger charge is -2.30. The molecular formula is C21H22N4O2. The highest BCUT2D eigenvalue weighted by molar-refractivity contribution is 6.03. The molecule has 0 fully saturated rings. The average Bonchev–Trinajstić information content (AvgIpc) is 3.12. The fourth-order valence-corrected chi connectivity index (χ4v) is 3.37. The monoisotopic (exact) mass is 362 g/mol. The lowest BCUT2D eigenvalue weighted by atomic mass is 9.75. The van der Waals surface area contributed by atoms with E-state index in [9.17, 15) is 4.79 Å². The highest BCUT2D eigenvalue weighted by Crippen LogP contribution is 2.37. The van der Waals surface area contributed by atoms with E-state index in [-0.39, 0.29) is 11.2 Å². The number of ketones is 1. The van der Waals surface area contributed by atoms with E-state index in [1.165, 1.54) is 0 Å². The van der Waals surface area contributed by atoms with E-state index in [0.29, 0.717) is 30.3 Å². The molecule has 0 radical (unpaired) electrons. The minimum absolute atomic E-state index is 0.0808. The van der Waals surface area contributed by atoms with E-state index in [1.54, 1.807) is 6.26 Å². The summed E-state index contributed by atoms with van der Waals surface area (Å²) in [7, 11) is 0. The molecule has 0 unspecified atom stereocenters. The molecule has 2 N–H and O–H groups in total. The average molecular weight is 362 g/mol. The molecule has 3 aromatic rings. The van der Waals surface area contributed by atoms with Crippen LogP contribution in [0.3, 0.4) is 0 Å². The molecule has 0 aliphatic heterocycles. The summed E-state index contributed by atoms with van der Waals surface area (Å²) in [5, 5.41) is 6.49. The molecule has 0 bridgehead atoms. The van der Waals surface area contributed by atoms with Crippen LogP contribution in [-0.2, 0) is 13.0 Å². The number of fused-ring (bicyclic) bond motifs is 1. The Bertz CT molecular complexity index is 950. The SMILES string of the molecule is CC1(C)CC(=O)c2c(nc(NCc3ccco3)nc2Nc2ccccc2)C1. The van der Waals surface area contributed by atoms with E-state index in [4.69, 9.17) is 4.42 Å². The summed E-state index contributed by atoms with van der Waals surface area (Å²) >= 11 is 0. The number of anilines is 3. The van der Waals surface area contributed by atoms with Crippen molar-refractivity contribution in [3.05, 3.63) is 65.7 Å². The number of Topliss-reactive ketones (excluding diaryl/α,β-unsaturated/α-hetero) is 1. The predicted octanol–water partition coefficient (Wildman–Crippen LogP) is 4.58. The van der Waals surface area contributed by atoms with Crippen LogP contribution in [0.1, 0.15) is 42.1 Å². The summed E-state index contributed by atoms with van der Waals surface area (Å²) in [4.78, 5) is 22.0. The van der Waals surface area contributed by atoms with Crippen LogP contribution in [0.2, 0.25) is 0 Å². The summed E-state index contributed by atoms with van der Waals surface area (Å²) in [5.41, 5.74) is 2.15. The molecule has 1 aliphatic carbocycles. The third kappa shape index (κ3) is 3.84. The van der Waals surface area contributed by atoms with Crippen molar-refractivity contribution < 1.29 is 9.21 Å². The Balaban J connectivity index is 1.70. The molecule has 0 spiro atoms. The maximum atomic E-state index is 12.8. The molecule has 138 valence electrons. The van der Waals surface area contributed by atoms with Gasteiger partial charge in [0.05, 0.1) is 24.1 Å². The van der Waals surface area contributed by atoms with Crippen LogP contribution in [0.5, 0.6) is 0 Å². The van der Waals surface area contributed by atoms with E-state index >= 15 is 0 Å². The number of hydrogen-bond acceptors (Lipinski definition) is 6. The molecule has 4 rings (SSSR count). The zero-order valence-corrected chi connectivity index (χ0v) is 15.5. The van der Waals surface area contributed by atoms with Crippen molar-refractivity contribution in [3.8, 4) is 0 Å². The van der Waals surface area contributed by atoms with Gasteiger partial charge < -0.3 is 15.1 Å². The van der Waals surface area contributed by atoms with E-state index in [0.717, 1.165) is 23.6 Å². The number of nitrogens with one attached hydrogen (secondary N) is 2. The summed E-state index contributed by atoms with van der Waals surface area (Å²) in [6.45, 7) is 4.67. The van der Waals surface area contributed by atoms with Gasteiger partial charge in [-0.25, -0.2) is 4.98 Å². The van der Waals surface area contributed by atoms with Gasteiger partial charge in [-0.2, -0.15) is 4.98 Å². The first-order chi connectivity index (χ1) is 13.0. The summed E-state index contributed by atoms with van der Waals surface area (Å²) < 4.78 is 5.36. The number of benzene rings is 1. The maximum Gasteiger partial charge on any atom is 0.225 e. The number of furan rings is 1. The van der Waals surface area contributed by atoms with Gasteiger partial charge in [0.2, 0.25) is 5.95 Å². The highest BCUT2D eigenvalue weighted by Gasteiger charge is 2.34. The first kappa shape index (κ1) is 17.3. The second kappa shape index (κ2) is 6.87. The number of nitrogens with zero attached hydrogens (tertiary/aromatic N) is 2. The van der Waals surface area contributed by atoms with Crippen LogP contribution < -0.4 is 10.6 Å². The van der Waals surface area contributed by atoms with Crippen molar-refractivity contribution in [1.29, 1.82) is 0 Å². The Morgan fingerprint density at radius 2 is 1.89 bits per heavy atom. The Labute approximate surface area is 158 Å². The third-order valence-electron chi connectivity index (χ3n) is 4.59. The van der Waals surface area contributed by atoms with E-state index < -0.39 is 0 Å². The van der Waals surface area contributed by atoms with Crippen molar-refractivity contribution >= 4 is 23.2 Å². The van der Waals surface area contributed by atoms with Gasteiger partial charge in [-0.1, -0.05) is 32.0 Å². The molecule has 1 aliphatic rings. The topological polar surface area (TPSA) is 80.1 Å². The van der Waals surface area contributed by atoms with Crippen LogP contribution in [0.4, 0.5) is 17.5 Å². The molecule has 6 heteroatoms. The zero-order chi connectivity index (χ0) is 18.9. The molecular weight excluding hydrogens is 340 g/mol. The third-order valence-corrected chi connectivity index (χ3v) is 4.59. The zero-order valence-electron chi connectivity index (χ0n) is 15.5. The van der Waals surface area contributed by atoms with Crippen molar-refractivity contribution in [2.45, 2.75) is 33.2 Å². The quantitative estimate of drug-likeness (QED) is 0.691. The van der Waals surface area contributed by atoms with Crippen molar-refractivity contribution in [3.63, 3.8) is 0 Å². The van der Waals surface area contributed by atoms with Gasteiger partial charge >= 0.3 is 0 Å². The largest absolute Gasteiger partial charge is 0.467 e. The number of aromatic nitrogens is 2. The van der Waals surface area contributed by atoms with Crippen molar-refractivity contribution in [2.24, 2.45) is 5.41 Å². The lowest BCUT2D eigenvalue weighted by Crippen LogP contribution is -2.29. The van der Waals surface area contributed by atoms with Gasteiger partial charge in [0, 0.05) is 12.1 Å². The number of carbonyl (C=O) groups excluding carboxylic acids is 1. The molecule has 1 aromatic carbocycles. The second-order valence-electron chi connectivity index (χ2n) is 7.58. The second-order valence-corrected chi connectivity index (χ2v) is 7.58. The fraction of sp³-hybridized carbons (Fsp3) is 0.286. The Morgan fingerprint density at radius 3 is 2.63 bits per heavy atom. The fourth-order valence-electron chi connectivity index (χ4n) is 3.37. The summed E-state index contributed by atoms with van der Waals surface area (Å²) in [6.07, 6.45) is 2.86. The standard InChI is InChI=1S/C21H22N4O2/c1-21(2)11-16-18(17(26)12-21)19(23-14-7-4-3-5-8-14)25-20(24-16)22-13-15-9-6-10-27-15/h3-10H,11-13H2,1-2H3,(H2,22,23,24,25). The van der Waals surface area contributed by atoms with Gasteiger partial charge in [0.25, 0.3) is 0 Å². The van der Waals surface area contributed by atoms with Crippen LogP contribution in [-0.4, -0.2) is 15.8 Å². The van der Waals surface area contributed by atoms with Gasteiger partial charge in [0.15, 0.2) is 5.78 Å². The predicted molar refractivity (Wildman–Crippen MR) is 104 cm³/mol. The van der Waals surface area contributed by atoms with Gasteiger partial charge in [0.1, 0.15) is 11.6 Å². The minimum atomic E-state index is -0.110. The molecule has 2 aromatic heterocycles. The molecule has 27 heavy (non-hydrogen) atoms. The molecule has 0 atom stereocenters.